The van der Waals surface area contributed by atoms with Crippen molar-refractivity contribution >= 4 is 5.91 Å². The van der Waals surface area contributed by atoms with Crippen molar-refractivity contribution in [3.63, 3.8) is 0 Å². The van der Waals surface area contributed by atoms with Gasteiger partial charge < -0.3 is 11.1 Å². The summed E-state index contributed by atoms with van der Waals surface area (Å²) in [5.74, 6) is 0.917. The van der Waals surface area contributed by atoms with E-state index in [0.29, 0.717) is 6.42 Å². The van der Waals surface area contributed by atoms with Crippen molar-refractivity contribution in [3.05, 3.63) is 35.9 Å². The molecule has 1 aliphatic carbocycles. The van der Waals surface area contributed by atoms with E-state index in [0.717, 1.165) is 24.4 Å². The van der Waals surface area contributed by atoms with Gasteiger partial charge in [-0.25, -0.2) is 0 Å². The van der Waals surface area contributed by atoms with Gasteiger partial charge >= 0.3 is 0 Å². The van der Waals surface area contributed by atoms with Gasteiger partial charge in [0.25, 0.3) is 0 Å². The molecule has 1 aromatic rings. The molecule has 3 N–H and O–H groups in total. The van der Waals surface area contributed by atoms with Gasteiger partial charge in [-0.05, 0) is 17.9 Å². The third-order valence-corrected chi connectivity index (χ3v) is 3.20. The molecule has 92 valence electrons. The Bertz CT molecular complexity index is 360. The van der Waals surface area contributed by atoms with Crippen LogP contribution in [0.4, 0.5) is 0 Å². The summed E-state index contributed by atoms with van der Waals surface area (Å²) in [4.78, 5) is 11.6. The number of hydrogen-bond donors (Lipinski definition) is 2. The zero-order valence-corrected chi connectivity index (χ0v) is 10.1. The largest absolute Gasteiger partial charge is 0.356 e. The minimum atomic E-state index is -0.197. The van der Waals surface area contributed by atoms with E-state index in [1.807, 2.05) is 30.3 Å². The van der Waals surface area contributed by atoms with Gasteiger partial charge in [0, 0.05) is 19.0 Å². The first-order valence-electron chi connectivity index (χ1n) is 6.33. The number of rotatable bonds is 6. The van der Waals surface area contributed by atoms with E-state index >= 15 is 0 Å². The van der Waals surface area contributed by atoms with Gasteiger partial charge in [0.1, 0.15) is 0 Å². The smallest absolute Gasteiger partial charge is 0.221 e. The number of nitrogens with two attached hydrogens (primary N) is 1. The highest BCUT2D eigenvalue weighted by molar-refractivity contribution is 5.76. The summed E-state index contributed by atoms with van der Waals surface area (Å²) in [5, 5.41) is 2.94. The molecule has 0 aromatic heterocycles. The van der Waals surface area contributed by atoms with Gasteiger partial charge in [0.15, 0.2) is 0 Å². The van der Waals surface area contributed by atoms with Crippen LogP contribution in [0.2, 0.25) is 0 Å². The topological polar surface area (TPSA) is 55.1 Å². The summed E-state index contributed by atoms with van der Waals surface area (Å²) in [7, 11) is 0. The highest BCUT2D eigenvalue weighted by atomic mass is 16.1. The lowest BCUT2D eigenvalue weighted by atomic mass is 10.0. The number of benzene rings is 1. The van der Waals surface area contributed by atoms with Gasteiger partial charge in [0.05, 0.1) is 0 Å². The lowest BCUT2D eigenvalue weighted by Gasteiger charge is -2.11. The van der Waals surface area contributed by atoms with Gasteiger partial charge in [-0.1, -0.05) is 43.2 Å². The van der Waals surface area contributed by atoms with Crippen LogP contribution in [-0.2, 0) is 4.79 Å². The number of carbonyl (C=O) groups is 1. The second-order valence-corrected chi connectivity index (χ2v) is 4.80. The van der Waals surface area contributed by atoms with Crippen molar-refractivity contribution in [1.29, 1.82) is 0 Å². The number of amides is 1. The summed E-state index contributed by atoms with van der Waals surface area (Å²) in [6.07, 6.45) is 4.15. The normalized spacial score (nSPS) is 16.5. The standard InChI is InChI=1S/C14H20N2O/c15-13(12-4-2-1-3-5-12)10-14(17)16-9-8-11-6-7-11/h1-5,11,13H,6-10,15H2,(H,16,17). The Morgan fingerprint density at radius 2 is 2.06 bits per heavy atom. The van der Waals surface area contributed by atoms with Crippen LogP contribution in [0, 0.1) is 5.92 Å². The fraction of sp³-hybridized carbons (Fsp3) is 0.500. The average Bonchev–Trinajstić information content (AvgIpc) is 3.14. The predicted molar refractivity (Wildman–Crippen MR) is 68.3 cm³/mol. The number of carbonyl (C=O) groups excluding carboxylic acids is 1. The zero-order chi connectivity index (χ0) is 12.1. The second-order valence-electron chi connectivity index (χ2n) is 4.80. The first-order valence-corrected chi connectivity index (χ1v) is 6.33. The van der Waals surface area contributed by atoms with Crippen molar-refractivity contribution in [3.8, 4) is 0 Å². The molecule has 1 fully saturated rings. The molecule has 1 unspecified atom stereocenters. The quantitative estimate of drug-likeness (QED) is 0.788. The van der Waals surface area contributed by atoms with Crippen LogP contribution in [0.15, 0.2) is 30.3 Å². The summed E-state index contributed by atoms with van der Waals surface area (Å²) in [6, 6.07) is 9.56. The monoisotopic (exact) mass is 232 g/mol. The minimum absolute atomic E-state index is 0.0574. The number of hydrogen-bond acceptors (Lipinski definition) is 2. The van der Waals surface area contributed by atoms with E-state index in [2.05, 4.69) is 5.32 Å². The van der Waals surface area contributed by atoms with Crippen molar-refractivity contribution in [2.75, 3.05) is 6.54 Å². The third kappa shape index (κ3) is 4.19. The SMILES string of the molecule is NC(CC(=O)NCCC1CC1)c1ccccc1. The third-order valence-electron chi connectivity index (χ3n) is 3.20. The van der Waals surface area contributed by atoms with Crippen LogP contribution >= 0.6 is 0 Å². The molecule has 3 heteroatoms. The maximum Gasteiger partial charge on any atom is 0.221 e. The Kier molecular flexibility index (Phi) is 4.15. The van der Waals surface area contributed by atoms with Gasteiger partial charge in [0.2, 0.25) is 5.91 Å². The van der Waals surface area contributed by atoms with Gasteiger partial charge in [-0.2, -0.15) is 0 Å². The van der Waals surface area contributed by atoms with E-state index in [1.54, 1.807) is 0 Å². The Morgan fingerprint density at radius 3 is 2.71 bits per heavy atom. The molecule has 0 bridgehead atoms. The fourth-order valence-corrected chi connectivity index (χ4v) is 1.91. The first-order chi connectivity index (χ1) is 8.25. The van der Waals surface area contributed by atoms with Crippen LogP contribution in [0.3, 0.4) is 0 Å². The summed E-state index contributed by atoms with van der Waals surface area (Å²) < 4.78 is 0. The lowest BCUT2D eigenvalue weighted by Crippen LogP contribution is -2.28. The molecular formula is C14H20N2O. The summed E-state index contributed by atoms with van der Waals surface area (Å²) >= 11 is 0. The molecule has 1 aliphatic rings. The Morgan fingerprint density at radius 1 is 1.35 bits per heavy atom. The highest BCUT2D eigenvalue weighted by Crippen LogP contribution is 2.31. The zero-order valence-electron chi connectivity index (χ0n) is 10.1. The molecule has 0 saturated heterocycles. The van der Waals surface area contributed by atoms with Crippen molar-refractivity contribution < 1.29 is 4.79 Å². The molecule has 0 radical (unpaired) electrons. The molecule has 1 atom stereocenters. The first kappa shape index (κ1) is 12.1. The molecular weight excluding hydrogens is 212 g/mol. The van der Waals surface area contributed by atoms with Gasteiger partial charge in [-0.15, -0.1) is 0 Å². The summed E-state index contributed by atoms with van der Waals surface area (Å²) in [6.45, 7) is 0.797. The molecule has 0 heterocycles. The van der Waals surface area contributed by atoms with Crippen molar-refractivity contribution in [2.45, 2.75) is 31.7 Å². The highest BCUT2D eigenvalue weighted by Gasteiger charge is 2.20. The van der Waals surface area contributed by atoms with Crippen LogP contribution < -0.4 is 11.1 Å². The lowest BCUT2D eigenvalue weighted by molar-refractivity contribution is -0.121. The Hall–Kier alpha value is -1.35. The predicted octanol–water partition coefficient (Wildman–Crippen LogP) is 1.99. The maximum atomic E-state index is 11.6. The average molecular weight is 232 g/mol. The van der Waals surface area contributed by atoms with E-state index in [9.17, 15) is 4.79 Å². The fourth-order valence-electron chi connectivity index (χ4n) is 1.91. The van der Waals surface area contributed by atoms with E-state index in [1.165, 1.54) is 12.8 Å². The molecule has 0 aliphatic heterocycles. The van der Waals surface area contributed by atoms with Crippen LogP contribution in [0.1, 0.15) is 37.3 Å². The van der Waals surface area contributed by atoms with Gasteiger partial charge in [-0.3, -0.25) is 4.79 Å². The van der Waals surface area contributed by atoms with E-state index in [4.69, 9.17) is 5.73 Å². The maximum absolute atomic E-state index is 11.6. The Balaban J connectivity index is 1.69. The minimum Gasteiger partial charge on any atom is -0.356 e. The van der Waals surface area contributed by atoms with Crippen molar-refractivity contribution in [1.82, 2.24) is 5.32 Å². The molecule has 2 rings (SSSR count). The Labute approximate surface area is 102 Å². The molecule has 1 saturated carbocycles. The van der Waals surface area contributed by atoms with E-state index < -0.39 is 0 Å². The molecule has 1 aromatic carbocycles. The molecule has 1 amide bonds. The molecule has 17 heavy (non-hydrogen) atoms. The second kappa shape index (κ2) is 5.82. The molecule has 0 spiro atoms. The van der Waals surface area contributed by atoms with Crippen LogP contribution in [-0.4, -0.2) is 12.5 Å². The molecule has 3 nitrogen and oxygen atoms in total. The van der Waals surface area contributed by atoms with Crippen LogP contribution in [0.5, 0.6) is 0 Å². The van der Waals surface area contributed by atoms with Crippen molar-refractivity contribution in [2.24, 2.45) is 11.7 Å². The summed E-state index contributed by atoms with van der Waals surface area (Å²) in [5.41, 5.74) is 7.00. The number of nitrogens with one attached hydrogen (secondary N) is 1. The van der Waals surface area contributed by atoms with E-state index in [-0.39, 0.29) is 11.9 Å². The van der Waals surface area contributed by atoms with Crippen LogP contribution in [0.25, 0.3) is 0 Å².